The van der Waals surface area contributed by atoms with Gasteiger partial charge in [-0.1, -0.05) is 24.8 Å². The average Bonchev–Trinajstić information content (AvgIpc) is 3.67. The number of benzene rings is 3. The minimum absolute atomic E-state index is 0.0341. The highest BCUT2D eigenvalue weighted by atomic mass is 19.1. The molecule has 0 aliphatic carbocycles. The van der Waals surface area contributed by atoms with Gasteiger partial charge in [0.1, 0.15) is 28.7 Å². The van der Waals surface area contributed by atoms with Gasteiger partial charge in [-0.3, -0.25) is 9.48 Å². The Balaban J connectivity index is 0.000000259. The maximum atomic E-state index is 13.6. The second-order valence-corrected chi connectivity index (χ2v) is 11.7. The number of imidazole rings is 1. The smallest absolute Gasteiger partial charge is 0.435 e. The number of nitrogens with zero attached hydrogens (tertiary/aromatic N) is 5. The van der Waals surface area contributed by atoms with Crippen LogP contribution in [-0.4, -0.2) is 65.6 Å². The molecule has 52 heavy (non-hydrogen) atoms. The van der Waals surface area contributed by atoms with Crippen molar-refractivity contribution < 1.29 is 37.8 Å². The normalized spacial score (nSPS) is 10.6. The maximum Gasteiger partial charge on any atom is 0.435 e. The van der Waals surface area contributed by atoms with E-state index in [4.69, 9.17) is 34.5 Å². The molecule has 2 aromatic heterocycles. The molecule has 0 aliphatic rings. The van der Waals surface area contributed by atoms with Gasteiger partial charge in [0.25, 0.3) is 0 Å². The second-order valence-electron chi connectivity index (χ2n) is 11.7. The van der Waals surface area contributed by atoms with Crippen LogP contribution in [0.2, 0.25) is 0 Å². The van der Waals surface area contributed by atoms with Crippen molar-refractivity contribution in [3.63, 3.8) is 0 Å². The van der Waals surface area contributed by atoms with Gasteiger partial charge < -0.3 is 39.5 Å². The van der Waals surface area contributed by atoms with E-state index in [-0.39, 0.29) is 24.0 Å². The van der Waals surface area contributed by atoms with Gasteiger partial charge in [-0.15, -0.1) is 5.92 Å². The fraction of sp³-hybridized carbons (Fsp3) is 0.324. The topological polar surface area (TPSA) is 168 Å². The quantitative estimate of drug-likeness (QED) is 0.0703. The van der Waals surface area contributed by atoms with Gasteiger partial charge in [-0.2, -0.15) is 5.10 Å². The number of hydrogen-bond acceptors (Lipinski definition) is 11. The summed E-state index contributed by atoms with van der Waals surface area (Å²) in [5.74, 6) is 7.53. The first-order chi connectivity index (χ1) is 24.9. The van der Waals surface area contributed by atoms with E-state index in [1.54, 1.807) is 26.2 Å². The van der Waals surface area contributed by atoms with E-state index in [2.05, 4.69) is 30.7 Å². The number of fused-ring (bicyclic) bond motifs is 1. The number of nitrogens with two attached hydrogens (primary N) is 1. The van der Waals surface area contributed by atoms with Crippen molar-refractivity contribution in [3.05, 3.63) is 80.9 Å². The number of ketones is 1. The number of carbonyl (C=O) groups is 1. The Bertz CT molecular complexity index is 2160. The Labute approximate surface area is 300 Å². The molecule has 0 atom stereocenters. The Morgan fingerprint density at radius 2 is 1.58 bits per heavy atom. The molecular formula is C37H41FN6O8. The molecule has 0 bridgehead atoms. The van der Waals surface area contributed by atoms with E-state index in [0.717, 1.165) is 5.52 Å². The highest BCUT2D eigenvalue weighted by Gasteiger charge is 2.28. The standard InChI is InChI=1S/C25H28N2O5.C12H13FN4O3/c1-8-9-17-19(29-4)11-10-18-22(26-27(23(17)18)14-15(2)3)24(28)16-12-20(30-5)25(32-7)21(13-16)31-6;1-16-9(6-14)11(15-12(16)17(18)19)8-5-7(13)3-4-10(8)20-2/h10-13,15H,14H2,1-7H3;3-5H,6,14H2,1-2H3. The number of halogens is 1. The first kappa shape index (κ1) is 38.7. The maximum absolute atomic E-state index is 13.6. The summed E-state index contributed by atoms with van der Waals surface area (Å²) in [6, 6.07) is 10.8. The fourth-order valence-corrected chi connectivity index (χ4v) is 5.66. The van der Waals surface area contributed by atoms with Gasteiger partial charge in [0, 0.05) is 17.5 Å². The summed E-state index contributed by atoms with van der Waals surface area (Å²) in [4.78, 5) is 27.9. The van der Waals surface area contributed by atoms with Crippen molar-refractivity contribution in [2.24, 2.45) is 18.7 Å². The summed E-state index contributed by atoms with van der Waals surface area (Å²) in [5.41, 5.74) is 8.83. The van der Waals surface area contributed by atoms with Crippen LogP contribution >= 0.6 is 0 Å². The zero-order valence-corrected chi connectivity index (χ0v) is 30.5. The average molecular weight is 717 g/mol. The zero-order valence-electron chi connectivity index (χ0n) is 30.5. The van der Waals surface area contributed by atoms with E-state index < -0.39 is 10.7 Å². The SMILES string of the molecule is CC#Cc1c(OC)ccc2c(C(=O)c3cc(OC)c(OC)c(OC)c3)nn(CC(C)C)c12.COc1ccc(F)cc1-c1nc([N+](=O)[O-])n(C)c1CN. The second kappa shape index (κ2) is 16.7. The van der Waals surface area contributed by atoms with Crippen molar-refractivity contribution >= 4 is 22.6 Å². The Hall–Kier alpha value is -6.14. The van der Waals surface area contributed by atoms with E-state index >= 15 is 0 Å². The minimum atomic E-state index is -0.617. The van der Waals surface area contributed by atoms with E-state index in [9.17, 15) is 19.3 Å². The van der Waals surface area contributed by atoms with E-state index in [1.807, 2.05) is 16.8 Å². The van der Waals surface area contributed by atoms with Crippen molar-refractivity contribution in [1.82, 2.24) is 19.3 Å². The molecule has 0 radical (unpaired) electrons. The highest BCUT2D eigenvalue weighted by Crippen LogP contribution is 2.40. The number of nitro groups is 1. The summed E-state index contributed by atoms with van der Waals surface area (Å²) in [5, 5.41) is 16.4. The van der Waals surface area contributed by atoms with Gasteiger partial charge in [-0.25, -0.2) is 8.96 Å². The van der Waals surface area contributed by atoms with Crippen LogP contribution in [0, 0.1) is 33.7 Å². The van der Waals surface area contributed by atoms with Crippen LogP contribution < -0.4 is 29.4 Å². The highest BCUT2D eigenvalue weighted by molar-refractivity contribution is 6.16. The number of aromatic nitrogens is 4. The van der Waals surface area contributed by atoms with Gasteiger partial charge in [0.05, 0.1) is 65.8 Å². The van der Waals surface area contributed by atoms with Crippen LogP contribution in [0.15, 0.2) is 42.5 Å². The fourth-order valence-electron chi connectivity index (χ4n) is 5.66. The molecule has 2 N–H and O–H groups in total. The van der Waals surface area contributed by atoms with Gasteiger partial charge in [0.15, 0.2) is 17.2 Å². The third-order valence-corrected chi connectivity index (χ3v) is 7.99. The summed E-state index contributed by atoms with van der Waals surface area (Å²) in [7, 11) is 9.07. The first-order valence-electron chi connectivity index (χ1n) is 16.0. The molecule has 0 spiro atoms. The number of hydrogen-bond donors (Lipinski definition) is 1. The first-order valence-corrected chi connectivity index (χ1v) is 16.0. The molecule has 2 heterocycles. The molecule has 274 valence electrons. The number of ether oxygens (including phenoxy) is 5. The molecular weight excluding hydrogens is 675 g/mol. The third-order valence-electron chi connectivity index (χ3n) is 7.99. The summed E-state index contributed by atoms with van der Waals surface area (Å²) in [6.07, 6.45) is 0. The summed E-state index contributed by atoms with van der Waals surface area (Å²) in [6.45, 7) is 6.62. The molecule has 3 aromatic carbocycles. The number of carbonyl (C=O) groups excluding carboxylic acids is 1. The zero-order chi connectivity index (χ0) is 38.3. The van der Waals surface area contributed by atoms with Crippen molar-refractivity contribution in [1.29, 1.82) is 0 Å². The Kier molecular flexibility index (Phi) is 12.4. The predicted octanol–water partition coefficient (Wildman–Crippen LogP) is 5.93. The van der Waals surface area contributed by atoms with Gasteiger partial charge in [-0.05, 0) is 60.2 Å². The molecule has 0 aliphatic heterocycles. The van der Waals surface area contributed by atoms with Crippen LogP contribution in [0.1, 0.15) is 48.1 Å². The lowest BCUT2D eigenvalue weighted by atomic mass is 10.0. The van der Waals surface area contributed by atoms with E-state index in [0.29, 0.717) is 74.7 Å². The van der Waals surface area contributed by atoms with Crippen molar-refractivity contribution in [3.8, 4) is 51.8 Å². The Morgan fingerprint density at radius 1 is 0.962 bits per heavy atom. The van der Waals surface area contributed by atoms with Crippen molar-refractivity contribution in [2.75, 3.05) is 35.5 Å². The molecule has 15 heteroatoms. The predicted molar refractivity (Wildman–Crippen MR) is 193 cm³/mol. The largest absolute Gasteiger partial charge is 0.496 e. The third kappa shape index (κ3) is 7.62. The Morgan fingerprint density at radius 3 is 2.10 bits per heavy atom. The lowest BCUT2D eigenvalue weighted by Crippen LogP contribution is -2.09. The number of methoxy groups -OCH3 is 5. The monoisotopic (exact) mass is 716 g/mol. The van der Waals surface area contributed by atoms with Crippen molar-refractivity contribution in [2.45, 2.75) is 33.9 Å². The lowest BCUT2D eigenvalue weighted by Gasteiger charge is -2.13. The number of rotatable bonds is 12. The minimum Gasteiger partial charge on any atom is -0.496 e. The van der Waals surface area contributed by atoms with Crippen LogP contribution in [-0.2, 0) is 20.1 Å². The molecule has 14 nitrogen and oxygen atoms in total. The molecule has 0 fully saturated rings. The van der Waals surface area contributed by atoms with E-state index in [1.165, 1.54) is 58.3 Å². The molecule has 0 unspecified atom stereocenters. The molecule has 5 rings (SSSR count). The summed E-state index contributed by atoms with van der Waals surface area (Å²) >= 11 is 0. The van der Waals surface area contributed by atoms with Crippen LogP contribution in [0.4, 0.5) is 10.3 Å². The van der Waals surface area contributed by atoms with Gasteiger partial charge in [0.2, 0.25) is 11.5 Å². The van der Waals surface area contributed by atoms with Crippen LogP contribution in [0.5, 0.6) is 28.7 Å². The molecule has 0 saturated heterocycles. The van der Waals surface area contributed by atoms with Crippen LogP contribution in [0.25, 0.3) is 22.2 Å². The molecule has 0 saturated carbocycles. The molecule has 0 amide bonds. The lowest BCUT2D eigenvalue weighted by molar-refractivity contribution is -0.396. The van der Waals surface area contributed by atoms with Gasteiger partial charge >= 0.3 is 5.95 Å². The van der Waals surface area contributed by atoms with Crippen LogP contribution in [0.3, 0.4) is 0 Å². The summed E-state index contributed by atoms with van der Waals surface area (Å²) < 4.78 is 43.4. The molecule has 5 aromatic rings.